The Kier molecular flexibility index (Phi) is 4.57. The van der Waals surface area contributed by atoms with Crippen LogP contribution in [-0.2, 0) is 6.42 Å². The van der Waals surface area contributed by atoms with Gasteiger partial charge in [-0.1, -0.05) is 30.7 Å². The standard InChI is InChI=1S/C15H24N2/c1-13-7-3-4-8-14(13)11-15(16)12-17-9-5-2-6-10-17/h3-4,7-8,15H,2,5-6,9-12,16H2,1H3. The number of hydrogen-bond donors (Lipinski definition) is 1. The molecule has 1 saturated heterocycles. The van der Waals surface area contributed by atoms with Crippen molar-refractivity contribution in [3.8, 4) is 0 Å². The van der Waals surface area contributed by atoms with E-state index in [-0.39, 0.29) is 6.04 Å². The molecule has 0 spiro atoms. The molecule has 1 aliphatic rings. The highest BCUT2D eigenvalue weighted by Gasteiger charge is 2.14. The summed E-state index contributed by atoms with van der Waals surface area (Å²) in [6.07, 6.45) is 5.08. The molecular formula is C15H24N2. The van der Waals surface area contributed by atoms with Gasteiger partial charge in [0, 0.05) is 12.6 Å². The van der Waals surface area contributed by atoms with E-state index in [1.165, 1.54) is 43.5 Å². The molecule has 0 amide bonds. The molecule has 0 saturated carbocycles. The summed E-state index contributed by atoms with van der Waals surface area (Å²) in [6, 6.07) is 8.84. The van der Waals surface area contributed by atoms with Crippen molar-refractivity contribution in [3.63, 3.8) is 0 Å². The summed E-state index contributed by atoms with van der Waals surface area (Å²) >= 11 is 0. The van der Waals surface area contributed by atoms with Gasteiger partial charge in [-0.3, -0.25) is 0 Å². The smallest absolute Gasteiger partial charge is 0.0208 e. The van der Waals surface area contributed by atoms with Gasteiger partial charge in [0.05, 0.1) is 0 Å². The predicted molar refractivity (Wildman–Crippen MR) is 73.1 cm³/mol. The van der Waals surface area contributed by atoms with E-state index in [0.717, 1.165) is 13.0 Å². The zero-order valence-electron chi connectivity index (χ0n) is 10.9. The number of hydrogen-bond acceptors (Lipinski definition) is 2. The number of rotatable bonds is 4. The van der Waals surface area contributed by atoms with E-state index >= 15 is 0 Å². The molecule has 2 N–H and O–H groups in total. The van der Waals surface area contributed by atoms with Crippen molar-refractivity contribution in [2.75, 3.05) is 19.6 Å². The van der Waals surface area contributed by atoms with Crippen LogP contribution in [0.4, 0.5) is 0 Å². The molecule has 1 aromatic carbocycles. The Hall–Kier alpha value is -0.860. The highest BCUT2D eigenvalue weighted by molar-refractivity contribution is 5.26. The second kappa shape index (κ2) is 6.18. The first-order chi connectivity index (χ1) is 8.25. The van der Waals surface area contributed by atoms with Crippen molar-refractivity contribution in [3.05, 3.63) is 35.4 Å². The second-order valence-corrected chi connectivity index (χ2v) is 5.25. The van der Waals surface area contributed by atoms with Gasteiger partial charge in [-0.15, -0.1) is 0 Å². The van der Waals surface area contributed by atoms with E-state index in [4.69, 9.17) is 5.73 Å². The van der Waals surface area contributed by atoms with E-state index in [1.54, 1.807) is 0 Å². The molecule has 1 fully saturated rings. The molecule has 0 radical (unpaired) electrons. The molecule has 1 aliphatic heterocycles. The van der Waals surface area contributed by atoms with E-state index in [1.807, 2.05) is 0 Å². The van der Waals surface area contributed by atoms with Crippen LogP contribution in [0.5, 0.6) is 0 Å². The fourth-order valence-corrected chi connectivity index (χ4v) is 2.66. The van der Waals surface area contributed by atoms with Gasteiger partial charge in [-0.05, 0) is 50.4 Å². The van der Waals surface area contributed by atoms with Crippen LogP contribution in [0.1, 0.15) is 30.4 Å². The summed E-state index contributed by atoms with van der Waals surface area (Å²) in [5.74, 6) is 0. The third-order valence-corrected chi connectivity index (χ3v) is 3.68. The first kappa shape index (κ1) is 12.6. The number of benzene rings is 1. The van der Waals surface area contributed by atoms with Crippen molar-refractivity contribution >= 4 is 0 Å². The average molecular weight is 232 g/mol. The van der Waals surface area contributed by atoms with Crippen LogP contribution in [0.25, 0.3) is 0 Å². The lowest BCUT2D eigenvalue weighted by molar-refractivity contribution is 0.215. The Morgan fingerprint density at radius 2 is 1.88 bits per heavy atom. The van der Waals surface area contributed by atoms with Gasteiger partial charge in [0.25, 0.3) is 0 Å². The normalized spacial score (nSPS) is 19.2. The Morgan fingerprint density at radius 1 is 1.18 bits per heavy atom. The molecule has 0 bridgehead atoms. The Balaban J connectivity index is 1.84. The highest BCUT2D eigenvalue weighted by Crippen LogP contribution is 2.12. The molecule has 0 aliphatic carbocycles. The predicted octanol–water partition coefficient (Wildman–Crippen LogP) is 2.35. The summed E-state index contributed by atoms with van der Waals surface area (Å²) in [5, 5.41) is 0. The van der Waals surface area contributed by atoms with Crippen molar-refractivity contribution in [2.45, 2.75) is 38.6 Å². The molecular weight excluding hydrogens is 208 g/mol. The van der Waals surface area contributed by atoms with Crippen LogP contribution in [-0.4, -0.2) is 30.6 Å². The zero-order chi connectivity index (χ0) is 12.1. The van der Waals surface area contributed by atoms with E-state index in [9.17, 15) is 0 Å². The Morgan fingerprint density at radius 3 is 2.59 bits per heavy atom. The molecule has 1 atom stereocenters. The molecule has 1 heterocycles. The maximum absolute atomic E-state index is 6.26. The van der Waals surface area contributed by atoms with Gasteiger partial charge in [-0.25, -0.2) is 0 Å². The largest absolute Gasteiger partial charge is 0.326 e. The SMILES string of the molecule is Cc1ccccc1CC(N)CN1CCCCC1. The van der Waals surface area contributed by atoms with Crippen molar-refractivity contribution in [1.29, 1.82) is 0 Å². The first-order valence-electron chi connectivity index (χ1n) is 6.78. The molecule has 94 valence electrons. The van der Waals surface area contributed by atoms with Crippen LogP contribution >= 0.6 is 0 Å². The van der Waals surface area contributed by atoms with Crippen molar-refractivity contribution in [1.82, 2.24) is 4.90 Å². The number of nitrogens with two attached hydrogens (primary N) is 1. The van der Waals surface area contributed by atoms with Crippen LogP contribution < -0.4 is 5.73 Å². The number of piperidine rings is 1. The third kappa shape index (κ3) is 3.83. The van der Waals surface area contributed by atoms with Crippen LogP contribution in [0.2, 0.25) is 0 Å². The lowest BCUT2D eigenvalue weighted by Gasteiger charge is -2.29. The first-order valence-corrected chi connectivity index (χ1v) is 6.78. The maximum Gasteiger partial charge on any atom is 0.0208 e. The second-order valence-electron chi connectivity index (χ2n) is 5.25. The molecule has 1 unspecified atom stereocenters. The Labute approximate surface area is 105 Å². The third-order valence-electron chi connectivity index (χ3n) is 3.68. The molecule has 1 aromatic rings. The fourth-order valence-electron chi connectivity index (χ4n) is 2.66. The zero-order valence-corrected chi connectivity index (χ0v) is 10.9. The van der Waals surface area contributed by atoms with Crippen LogP contribution in [0.15, 0.2) is 24.3 Å². The molecule has 2 rings (SSSR count). The quantitative estimate of drug-likeness (QED) is 0.863. The minimum Gasteiger partial charge on any atom is -0.326 e. The minimum absolute atomic E-state index is 0.272. The minimum atomic E-state index is 0.272. The molecule has 2 nitrogen and oxygen atoms in total. The van der Waals surface area contributed by atoms with Crippen molar-refractivity contribution in [2.24, 2.45) is 5.73 Å². The van der Waals surface area contributed by atoms with Gasteiger partial charge >= 0.3 is 0 Å². The van der Waals surface area contributed by atoms with E-state index in [0.29, 0.717) is 0 Å². The van der Waals surface area contributed by atoms with Crippen molar-refractivity contribution < 1.29 is 0 Å². The van der Waals surface area contributed by atoms with Gasteiger partial charge in [-0.2, -0.15) is 0 Å². The monoisotopic (exact) mass is 232 g/mol. The van der Waals surface area contributed by atoms with Crippen LogP contribution in [0.3, 0.4) is 0 Å². The van der Waals surface area contributed by atoms with Gasteiger partial charge in [0.15, 0.2) is 0 Å². The number of likely N-dealkylation sites (tertiary alicyclic amines) is 1. The highest BCUT2D eigenvalue weighted by atomic mass is 15.1. The lowest BCUT2D eigenvalue weighted by atomic mass is 10.0. The molecule has 17 heavy (non-hydrogen) atoms. The number of aryl methyl sites for hydroxylation is 1. The fraction of sp³-hybridized carbons (Fsp3) is 0.600. The van der Waals surface area contributed by atoms with Gasteiger partial charge < -0.3 is 10.6 Å². The van der Waals surface area contributed by atoms with Gasteiger partial charge in [0.1, 0.15) is 0 Å². The maximum atomic E-state index is 6.26. The van der Waals surface area contributed by atoms with Gasteiger partial charge in [0.2, 0.25) is 0 Å². The summed E-state index contributed by atoms with van der Waals surface area (Å²) in [6.45, 7) is 5.69. The van der Waals surface area contributed by atoms with E-state index < -0.39 is 0 Å². The Bertz CT molecular complexity index is 343. The summed E-state index contributed by atoms with van der Waals surface area (Å²) < 4.78 is 0. The molecule has 0 aromatic heterocycles. The molecule has 2 heteroatoms. The summed E-state index contributed by atoms with van der Waals surface area (Å²) in [4.78, 5) is 2.52. The number of nitrogens with zero attached hydrogens (tertiary/aromatic N) is 1. The average Bonchev–Trinajstić information content (AvgIpc) is 2.33. The topological polar surface area (TPSA) is 29.3 Å². The lowest BCUT2D eigenvalue weighted by Crippen LogP contribution is -2.41. The van der Waals surface area contributed by atoms with E-state index in [2.05, 4.69) is 36.1 Å². The summed E-state index contributed by atoms with van der Waals surface area (Å²) in [7, 11) is 0. The van der Waals surface area contributed by atoms with Crippen LogP contribution in [0, 0.1) is 6.92 Å². The summed E-state index contributed by atoms with van der Waals surface area (Å²) in [5.41, 5.74) is 9.03.